The number of ether oxygens (including phenoxy) is 1. The molecule has 1 aliphatic heterocycles. The summed E-state index contributed by atoms with van der Waals surface area (Å²) in [7, 11) is 0. The summed E-state index contributed by atoms with van der Waals surface area (Å²) in [6.45, 7) is 3.91. The van der Waals surface area contributed by atoms with Crippen LogP contribution in [-0.4, -0.2) is 41.6 Å². The van der Waals surface area contributed by atoms with Crippen molar-refractivity contribution in [3.63, 3.8) is 0 Å². The van der Waals surface area contributed by atoms with Gasteiger partial charge in [0.05, 0.1) is 17.7 Å². The van der Waals surface area contributed by atoms with E-state index < -0.39 is 11.3 Å². The van der Waals surface area contributed by atoms with Crippen LogP contribution in [0.5, 0.6) is 0 Å². The third-order valence-corrected chi connectivity index (χ3v) is 6.95. The summed E-state index contributed by atoms with van der Waals surface area (Å²) in [6, 6.07) is 9.42. The van der Waals surface area contributed by atoms with Crippen molar-refractivity contribution in [2.45, 2.75) is 64.4 Å². The second-order valence-electron chi connectivity index (χ2n) is 9.19. The van der Waals surface area contributed by atoms with Crippen LogP contribution in [-0.2, 0) is 22.6 Å². The van der Waals surface area contributed by atoms with E-state index in [-0.39, 0.29) is 5.91 Å². The van der Waals surface area contributed by atoms with Crippen LogP contribution in [0.4, 0.5) is 0 Å². The zero-order chi connectivity index (χ0) is 22.6. The van der Waals surface area contributed by atoms with E-state index in [1.165, 1.54) is 19.3 Å². The highest BCUT2D eigenvalue weighted by Gasteiger charge is 2.46. The SMILES string of the molecule is CCOCc1ccc(C(=O)N2CC[C@](Cc3cc(C4CCCCC4)no3)(C(N)=O)C2)cc1. The summed E-state index contributed by atoms with van der Waals surface area (Å²) in [5.74, 6) is 0.643. The summed E-state index contributed by atoms with van der Waals surface area (Å²) in [5, 5.41) is 4.29. The first-order valence-corrected chi connectivity index (χ1v) is 11.7. The van der Waals surface area contributed by atoms with Gasteiger partial charge in [-0.2, -0.15) is 0 Å². The number of rotatable bonds is 8. The third-order valence-electron chi connectivity index (χ3n) is 6.95. The van der Waals surface area contributed by atoms with Crippen molar-refractivity contribution >= 4 is 11.8 Å². The van der Waals surface area contributed by atoms with Gasteiger partial charge in [-0.3, -0.25) is 9.59 Å². The molecule has 1 saturated carbocycles. The number of carbonyl (C=O) groups is 2. The van der Waals surface area contributed by atoms with Crippen molar-refractivity contribution in [3.8, 4) is 0 Å². The number of nitrogens with zero attached hydrogens (tertiary/aromatic N) is 2. The zero-order valence-corrected chi connectivity index (χ0v) is 18.8. The molecule has 1 aromatic carbocycles. The molecule has 0 radical (unpaired) electrons. The van der Waals surface area contributed by atoms with Crippen molar-refractivity contribution in [2.24, 2.45) is 11.1 Å². The van der Waals surface area contributed by atoms with Crippen LogP contribution in [0.3, 0.4) is 0 Å². The molecule has 7 nitrogen and oxygen atoms in total. The molecule has 172 valence electrons. The predicted molar refractivity (Wildman–Crippen MR) is 120 cm³/mol. The van der Waals surface area contributed by atoms with E-state index in [0.717, 1.165) is 24.1 Å². The number of benzene rings is 1. The minimum Gasteiger partial charge on any atom is -0.377 e. The Morgan fingerprint density at radius 2 is 1.97 bits per heavy atom. The van der Waals surface area contributed by atoms with Gasteiger partial charge in [-0.25, -0.2) is 0 Å². The summed E-state index contributed by atoms with van der Waals surface area (Å²) < 4.78 is 11.0. The smallest absolute Gasteiger partial charge is 0.253 e. The van der Waals surface area contributed by atoms with Gasteiger partial charge in [0, 0.05) is 43.7 Å². The van der Waals surface area contributed by atoms with E-state index in [9.17, 15) is 9.59 Å². The number of primary amides is 1. The molecule has 0 spiro atoms. The summed E-state index contributed by atoms with van der Waals surface area (Å²) in [4.78, 5) is 27.3. The fourth-order valence-corrected chi connectivity index (χ4v) is 4.96. The Bertz CT molecular complexity index is 933. The Kier molecular flexibility index (Phi) is 6.94. The van der Waals surface area contributed by atoms with Crippen molar-refractivity contribution in [3.05, 3.63) is 52.9 Å². The van der Waals surface area contributed by atoms with Crippen LogP contribution in [0.25, 0.3) is 0 Å². The molecule has 2 amide bonds. The van der Waals surface area contributed by atoms with Gasteiger partial charge in [-0.05, 0) is 43.9 Å². The lowest BCUT2D eigenvalue weighted by molar-refractivity contribution is -0.127. The number of hydrogen-bond donors (Lipinski definition) is 1. The Morgan fingerprint density at radius 1 is 1.22 bits per heavy atom. The van der Waals surface area contributed by atoms with Gasteiger partial charge in [-0.15, -0.1) is 0 Å². The number of carbonyl (C=O) groups excluding carboxylic acids is 2. The lowest BCUT2D eigenvalue weighted by Gasteiger charge is -2.25. The monoisotopic (exact) mass is 439 g/mol. The van der Waals surface area contributed by atoms with E-state index in [2.05, 4.69) is 5.16 Å². The van der Waals surface area contributed by atoms with E-state index in [1.807, 2.05) is 37.3 Å². The number of likely N-dealkylation sites (tertiary alicyclic amines) is 1. The van der Waals surface area contributed by atoms with Gasteiger partial charge in [-0.1, -0.05) is 36.6 Å². The van der Waals surface area contributed by atoms with Gasteiger partial charge < -0.3 is 19.9 Å². The molecule has 2 fully saturated rings. The molecule has 1 aliphatic carbocycles. The molecular weight excluding hydrogens is 406 g/mol. The Hall–Kier alpha value is -2.67. The predicted octanol–water partition coefficient (Wildman–Crippen LogP) is 3.82. The van der Waals surface area contributed by atoms with E-state index in [1.54, 1.807) is 4.90 Å². The van der Waals surface area contributed by atoms with Crippen LogP contribution in [0.15, 0.2) is 34.9 Å². The van der Waals surface area contributed by atoms with Gasteiger partial charge in [0.15, 0.2) is 0 Å². The normalized spacial score (nSPS) is 21.7. The number of amides is 2. The van der Waals surface area contributed by atoms with Crippen molar-refractivity contribution in [1.29, 1.82) is 0 Å². The quantitative estimate of drug-likeness (QED) is 0.674. The maximum Gasteiger partial charge on any atom is 0.253 e. The lowest BCUT2D eigenvalue weighted by Crippen LogP contribution is -2.42. The van der Waals surface area contributed by atoms with Crippen LogP contribution < -0.4 is 5.73 Å². The molecule has 4 rings (SSSR count). The molecule has 0 unspecified atom stereocenters. The average Bonchev–Trinajstić information content (AvgIpc) is 3.47. The van der Waals surface area contributed by atoms with E-state index in [4.69, 9.17) is 15.0 Å². The van der Waals surface area contributed by atoms with Crippen LogP contribution in [0.2, 0.25) is 0 Å². The molecule has 7 heteroatoms. The fourth-order valence-electron chi connectivity index (χ4n) is 4.96. The highest BCUT2D eigenvalue weighted by atomic mass is 16.5. The van der Waals surface area contributed by atoms with Crippen molar-refractivity contribution < 1.29 is 18.8 Å². The maximum atomic E-state index is 13.1. The average molecular weight is 440 g/mol. The molecule has 2 aromatic rings. The Balaban J connectivity index is 1.42. The molecule has 2 N–H and O–H groups in total. The first-order valence-electron chi connectivity index (χ1n) is 11.7. The van der Waals surface area contributed by atoms with Gasteiger partial charge in [0.25, 0.3) is 5.91 Å². The van der Waals surface area contributed by atoms with E-state index >= 15 is 0 Å². The van der Waals surface area contributed by atoms with Crippen LogP contribution in [0, 0.1) is 5.41 Å². The lowest BCUT2D eigenvalue weighted by atomic mass is 9.81. The zero-order valence-electron chi connectivity index (χ0n) is 18.8. The molecule has 32 heavy (non-hydrogen) atoms. The number of aromatic nitrogens is 1. The molecule has 1 saturated heterocycles. The first kappa shape index (κ1) is 22.5. The Morgan fingerprint density at radius 3 is 2.66 bits per heavy atom. The minimum absolute atomic E-state index is 0.0865. The topological polar surface area (TPSA) is 98.7 Å². The van der Waals surface area contributed by atoms with Gasteiger partial charge >= 0.3 is 0 Å². The van der Waals surface area contributed by atoms with Gasteiger partial charge in [0.2, 0.25) is 5.91 Å². The van der Waals surface area contributed by atoms with Crippen molar-refractivity contribution in [2.75, 3.05) is 19.7 Å². The first-order chi connectivity index (χ1) is 15.5. The summed E-state index contributed by atoms with van der Waals surface area (Å²) in [5.41, 5.74) is 7.63. The minimum atomic E-state index is -0.825. The fraction of sp³-hybridized carbons (Fsp3) is 0.560. The number of nitrogens with two attached hydrogens (primary N) is 1. The molecule has 0 bridgehead atoms. The summed E-state index contributed by atoms with van der Waals surface area (Å²) >= 11 is 0. The standard InChI is InChI=1S/C25H33N3O4/c1-2-31-16-18-8-10-20(11-9-18)23(29)28-13-12-25(17-28,24(26)30)15-21-14-22(27-32-21)19-6-4-3-5-7-19/h8-11,14,19H,2-7,12-13,15-17H2,1H3,(H2,26,30)/t25-/m1/s1. The highest BCUT2D eigenvalue weighted by molar-refractivity contribution is 5.95. The second kappa shape index (κ2) is 9.86. The maximum absolute atomic E-state index is 13.1. The van der Waals surface area contributed by atoms with E-state index in [0.29, 0.717) is 56.4 Å². The number of hydrogen-bond acceptors (Lipinski definition) is 5. The molecule has 1 atom stereocenters. The Labute approximate surface area is 189 Å². The van der Waals surface area contributed by atoms with Crippen molar-refractivity contribution in [1.82, 2.24) is 10.1 Å². The highest BCUT2D eigenvalue weighted by Crippen LogP contribution is 2.37. The largest absolute Gasteiger partial charge is 0.377 e. The van der Waals surface area contributed by atoms with Crippen LogP contribution in [0.1, 0.15) is 78.7 Å². The molecule has 2 heterocycles. The van der Waals surface area contributed by atoms with Gasteiger partial charge in [0.1, 0.15) is 5.76 Å². The van der Waals surface area contributed by atoms with Crippen LogP contribution >= 0.6 is 0 Å². The summed E-state index contributed by atoms with van der Waals surface area (Å²) in [6.07, 6.45) is 6.90. The molecular formula is C25H33N3O4. The second-order valence-corrected chi connectivity index (χ2v) is 9.19. The third kappa shape index (κ3) is 4.88. The molecule has 2 aliphatic rings. The molecule has 1 aromatic heterocycles.